The molecule has 0 aliphatic carbocycles. The van der Waals surface area contributed by atoms with Crippen molar-refractivity contribution < 1.29 is 9.18 Å². The molecule has 0 saturated carbocycles. The lowest BCUT2D eigenvalue weighted by atomic mass is 10.1. The van der Waals surface area contributed by atoms with Gasteiger partial charge in [0.25, 0.3) is 0 Å². The van der Waals surface area contributed by atoms with Crippen LogP contribution in [-0.4, -0.2) is 15.9 Å². The Balaban J connectivity index is 1.59. The molecule has 1 amide bonds. The fraction of sp³-hybridized carbons (Fsp3) is 0.118. The maximum absolute atomic E-state index is 13.8. The van der Waals surface area contributed by atoms with Crippen molar-refractivity contribution in [3.63, 3.8) is 0 Å². The average molecular weight is 308 g/mol. The highest BCUT2D eigenvalue weighted by Crippen LogP contribution is 2.25. The Hall–Kier alpha value is -3.02. The molecule has 0 fully saturated rings. The molecule has 23 heavy (non-hydrogen) atoms. The number of anilines is 2. The number of hydrogen-bond acceptors (Lipinski definition) is 4. The average Bonchev–Trinajstić information content (AvgIpc) is 2.92. The number of fused-ring (bicyclic) bond motifs is 2. The highest BCUT2D eigenvalue weighted by atomic mass is 19.1. The first-order valence-electron chi connectivity index (χ1n) is 7.25. The Bertz CT molecular complexity index is 926. The molecule has 1 aromatic heterocycles. The van der Waals surface area contributed by atoms with E-state index in [1.54, 1.807) is 12.1 Å². The van der Waals surface area contributed by atoms with Gasteiger partial charge < -0.3 is 10.6 Å². The molecule has 4 rings (SSSR count). The third-order valence-corrected chi connectivity index (χ3v) is 3.87. The second-order valence-corrected chi connectivity index (χ2v) is 5.43. The number of rotatable bonds is 3. The van der Waals surface area contributed by atoms with Gasteiger partial charge in [-0.15, -0.1) is 0 Å². The van der Waals surface area contributed by atoms with Crippen LogP contribution in [0.25, 0.3) is 10.9 Å². The van der Waals surface area contributed by atoms with Crippen molar-refractivity contribution in [2.24, 2.45) is 0 Å². The van der Waals surface area contributed by atoms with Gasteiger partial charge in [-0.1, -0.05) is 18.2 Å². The van der Waals surface area contributed by atoms with Gasteiger partial charge in [0.2, 0.25) is 5.91 Å². The first-order chi connectivity index (χ1) is 11.2. The molecule has 2 N–H and O–H groups in total. The summed E-state index contributed by atoms with van der Waals surface area (Å²) in [4.78, 5) is 19.6. The number of hydrogen-bond donors (Lipinski definition) is 2. The Labute approximate surface area is 131 Å². The predicted molar refractivity (Wildman–Crippen MR) is 85.6 cm³/mol. The van der Waals surface area contributed by atoms with E-state index in [0.717, 1.165) is 16.8 Å². The molecule has 2 heterocycles. The summed E-state index contributed by atoms with van der Waals surface area (Å²) < 4.78 is 13.8. The van der Waals surface area contributed by atoms with E-state index in [9.17, 15) is 9.18 Å². The van der Waals surface area contributed by atoms with Crippen LogP contribution >= 0.6 is 0 Å². The van der Waals surface area contributed by atoms with Gasteiger partial charge in [0.15, 0.2) is 0 Å². The molecule has 114 valence electrons. The predicted octanol–water partition coefficient (Wildman–Crippen LogP) is 2.88. The molecular formula is C17H13FN4O. The summed E-state index contributed by atoms with van der Waals surface area (Å²) in [5.41, 5.74) is 3.19. The lowest BCUT2D eigenvalue weighted by Gasteiger charge is -2.09. The molecule has 0 saturated heterocycles. The molecule has 1 aliphatic rings. The zero-order valence-electron chi connectivity index (χ0n) is 12.1. The highest BCUT2D eigenvalue weighted by Gasteiger charge is 2.17. The molecule has 5 nitrogen and oxygen atoms in total. The number of halogens is 1. The molecule has 2 aromatic carbocycles. The van der Waals surface area contributed by atoms with Crippen LogP contribution in [0.3, 0.4) is 0 Å². The molecular weight excluding hydrogens is 295 g/mol. The van der Waals surface area contributed by atoms with Crippen LogP contribution in [0.2, 0.25) is 0 Å². The zero-order chi connectivity index (χ0) is 15.8. The van der Waals surface area contributed by atoms with Gasteiger partial charge in [-0.2, -0.15) is 0 Å². The quantitative estimate of drug-likeness (QED) is 0.781. The molecule has 6 heteroatoms. The molecule has 0 bridgehead atoms. The van der Waals surface area contributed by atoms with E-state index >= 15 is 0 Å². The summed E-state index contributed by atoms with van der Waals surface area (Å²) in [6.07, 6.45) is 1.75. The van der Waals surface area contributed by atoms with Crippen molar-refractivity contribution in [1.82, 2.24) is 9.97 Å². The van der Waals surface area contributed by atoms with Crippen LogP contribution in [0.4, 0.5) is 15.9 Å². The smallest absolute Gasteiger partial charge is 0.228 e. The van der Waals surface area contributed by atoms with E-state index in [1.807, 2.05) is 18.2 Å². The van der Waals surface area contributed by atoms with Crippen LogP contribution in [0.1, 0.15) is 11.1 Å². The topological polar surface area (TPSA) is 66.9 Å². The van der Waals surface area contributed by atoms with Gasteiger partial charge in [0.05, 0.1) is 6.42 Å². The van der Waals surface area contributed by atoms with Gasteiger partial charge in [-0.25, -0.2) is 14.4 Å². The van der Waals surface area contributed by atoms with Gasteiger partial charge in [0, 0.05) is 17.6 Å². The monoisotopic (exact) mass is 308 g/mol. The molecule has 0 radical (unpaired) electrons. The third-order valence-electron chi connectivity index (χ3n) is 3.87. The van der Waals surface area contributed by atoms with Crippen molar-refractivity contribution in [3.05, 3.63) is 59.7 Å². The fourth-order valence-electron chi connectivity index (χ4n) is 2.77. The summed E-state index contributed by atoms with van der Waals surface area (Å²) in [5, 5.41) is 6.66. The van der Waals surface area contributed by atoms with Crippen LogP contribution in [0, 0.1) is 5.82 Å². The number of nitrogens with zero attached hydrogens (tertiary/aromatic N) is 2. The first kappa shape index (κ1) is 13.6. The van der Waals surface area contributed by atoms with Gasteiger partial charge in [-0.05, 0) is 29.3 Å². The zero-order valence-corrected chi connectivity index (χ0v) is 12.1. The van der Waals surface area contributed by atoms with Crippen molar-refractivity contribution >= 4 is 28.3 Å². The van der Waals surface area contributed by atoms with E-state index < -0.39 is 0 Å². The van der Waals surface area contributed by atoms with Crippen LogP contribution in [0.15, 0.2) is 42.7 Å². The molecule has 0 atom stereocenters. The molecule has 0 spiro atoms. The minimum Gasteiger partial charge on any atom is -0.365 e. The highest BCUT2D eigenvalue weighted by molar-refractivity contribution is 5.99. The van der Waals surface area contributed by atoms with E-state index in [1.165, 1.54) is 12.4 Å². The number of benzene rings is 2. The summed E-state index contributed by atoms with van der Waals surface area (Å²) in [5.74, 6) is 0.238. The number of amides is 1. The minimum absolute atomic E-state index is 0.0161. The lowest BCUT2D eigenvalue weighted by Crippen LogP contribution is -2.03. The van der Waals surface area contributed by atoms with E-state index in [0.29, 0.717) is 29.7 Å². The van der Waals surface area contributed by atoms with Crippen LogP contribution in [-0.2, 0) is 17.8 Å². The molecule has 3 aromatic rings. The first-order valence-corrected chi connectivity index (χ1v) is 7.25. The number of nitrogens with one attached hydrogen (secondary N) is 2. The molecule has 1 aliphatic heterocycles. The maximum Gasteiger partial charge on any atom is 0.228 e. The largest absolute Gasteiger partial charge is 0.365 e. The lowest BCUT2D eigenvalue weighted by molar-refractivity contribution is -0.115. The number of para-hydroxylation sites is 1. The Morgan fingerprint density at radius 3 is 3.04 bits per heavy atom. The fourth-order valence-corrected chi connectivity index (χ4v) is 2.77. The Morgan fingerprint density at radius 2 is 2.13 bits per heavy atom. The number of aromatic nitrogens is 2. The van der Waals surface area contributed by atoms with E-state index in [2.05, 4.69) is 20.6 Å². The summed E-state index contributed by atoms with van der Waals surface area (Å²) >= 11 is 0. The van der Waals surface area contributed by atoms with Crippen molar-refractivity contribution in [3.8, 4) is 0 Å². The standard InChI is InChI=1S/C17H13FN4O/c18-13-3-1-2-12-16(13)20-9-21-17(12)19-8-10-4-5-14-11(6-10)7-15(23)22-14/h1-6,9H,7-8H2,(H,22,23)(H,19,20,21). The number of carbonyl (C=O) groups excluding carboxylic acids is 1. The summed E-state index contributed by atoms with van der Waals surface area (Å²) in [6.45, 7) is 0.532. The maximum atomic E-state index is 13.8. The van der Waals surface area contributed by atoms with Gasteiger partial charge >= 0.3 is 0 Å². The van der Waals surface area contributed by atoms with Crippen molar-refractivity contribution in [1.29, 1.82) is 0 Å². The Kier molecular flexibility index (Phi) is 3.15. The van der Waals surface area contributed by atoms with E-state index in [4.69, 9.17) is 0 Å². The molecule has 0 unspecified atom stereocenters. The normalized spacial score (nSPS) is 13.0. The van der Waals surface area contributed by atoms with Gasteiger partial charge in [-0.3, -0.25) is 4.79 Å². The number of carbonyl (C=O) groups is 1. The van der Waals surface area contributed by atoms with Crippen molar-refractivity contribution in [2.45, 2.75) is 13.0 Å². The second kappa shape index (κ2) is 5.31. The summed E-state index contributed by atoms with van der Waals surface area (Å²) in [7, 11) is 0. The minimum atomic E-state index is -0.366. The SMILES string of the molecule is O=C1Cc2cc(CNc3ncnc4c(F)cccc34)ccc2N1. The summed E-state index contributed by atoms with van der Waals surface area (Å²) in [6, 6.07) is 10.6. The van der Waals surface area contributed by atoms with Crippen LogP contribution in [0.5, 0.6) is 0 Å². The van der Waals surface area contributed by atoms with Crippen molar-refractivity contribution in [2.75, 3.05) is 10.6 Å². The van der Waals surface area contributed by atoms with E-state index in [-0.39, 0.29) is 11.7 Å². The van der Waals surface area contributed by atoms with Crippen LogP contribution < -0.4 is 10.6 Å². The second-order valence-electron chi connectivity index (χ2n) is 5.43. The third kappa shape index (κ3) is 2.48. The Morgan fingerprint density at radius 1 is 1.22 bits per heavy atom. The van der Waals surface area contributed by atoms with Gasteiger partial charge in [0.1, 0.15) is 23.5 Å².